The summed E-state index contributed by atoms with van der Waals surface area (Å²) in [4.78, 5) is 16.7. The zero-order valence-electron chi connectivity index (χ0n) is 8.32. The van der Waals surface area contributed by atoms with E-state index < -0.39 is 0 Å². The number of amides is 2. The molecule has 14 heavy (non-hydrogen) atoms. The van der Waals surface area contributed by atoms with Crippen LogP contribution in [0.2, 0.25) is 0 Å². The maximum Gasteiger partial charge on any atom is 0.322 e. The number of aromatic nitrogens is 1. The van der Waals surface area contributed by atoms with Gasteiger partial charge in [-0.3, -0.25) is 5.32 Å². The smallest absolute Gasteiger partial charge is 0.322 e. The normalized spacial score (nSPS) is 9.64. The Kier molecular flexibility index (Phi) is 3.41. The Morgan fingerprint density at radius 2 is 2.29 bits per heavy atom. The topological polar surface area (TPSA) is 71.2 Å². The molecule has 5 heteroatoms. The molecule has 0 atom stereocenters. The molecule has 0 saturated heterocycles. The molecule has 0 radical (unpaired) electrons. The van der Waals surface area contributed by atoms with Gasteiger partial charge < -0.3 is 10.6 Å². The molecule has 0 spiro atoms. The summed E-state index contributed by atoms with van der Waals surface area (Å²) < 4.78 is 0. The maximum absolute atomic E-state index is 11.2. The first-order chi connectivity index (χ1) is 6.63. The van der Waals surface area contributed by atoms with Gasteiger partial charge in [0, 0.05) is 26.8 Å². The van der Waals surface area contributed by atoms with Crippen molar-refractivity contribution in [3.05, 3.63) is 23.9 Å². The molecule has 0 aliphatic carbocycles. The predicted molar refractivity (Wildman–Crippen MR) is 54.8 cm³/mol. The van der Waals surface area contributed by atoms with Crippen molar-refractivity contribution in [2.24, 2.45) is 5.73 Å². The van der Waals surface area contributed by atoms with E-state index in [9.17, 15) is 4.79 Å². The standard InChI is InChI=1S/C9H14N4O/c1-13(2)9(14)12-8-4-3-7(5-10)6-11-8/h3-4,6H,5,10H2,1-2H3,(H,11,12,14). The molecule has 2 amide bonds. The minimum atomic E-state index is -0.196. The largest absolute Gasteiger partial charge is 0.331 e. The van der Waals surface area contributed by atoms with E-state index in [2.05, 4.69) is 10.3 Å². The predicted octanol–water partition coefficient (Wildman–Crippen LogP) is 0.634. The summed E-state index contributed by atoms with van der Waals surface area (Å²) in [5, 5.41) is 2.63. The number of nitrogens with zero attached hydrogens (tertiary/aromatic N) is 2. The molecule has 1 aromatic rings. The van der Waals surface area contributed by atoms with Crippen molar-refractivity contribution in [2.45, 2.75) is 6.54 Å². The van der Waals surface area contributed by atoms with E-state index in [0.717, 1.165) is 5.56 Å². The van der Waals surface area contributed by atoms with Gasteiger partial charge in [0.1, 0.15) is 5.82 Å². The fourth-order valence-electron chi connectivity index (χ4n) is 0.841. The van der Waals surface area contributed by atoms with Crippen LogP contribution in [0.25, 0.3) is 0 Å². The van der Waals surface area contributed by atoms with Gasteiger partial charge in [-0.15, -0.1) is 0 Å². The lowest BCUT2D eigenvalue weighted by atomic mass is 10.3. The van der Waals surface area contributed by atoms with Gasteiger partial charge in [0.2, 0.25) is 0 Å². The summed E-state index contributed by atoms with van der Waals surface area (Å²) in [6.45, 7) is 0.453. The number of urea groups is 1. The Morgan fingerprint density at radius 3 is 2.71 bits per heavy atom. The van der Waals surface area contributed by atoms with Crippen LogP contribution in [0.1, 0.15) is 5.56 Å². The average Bonchev–Trinajstić information content (AvgIpc) is 2.19. The quantitative estimate of drug-likeness (QED) is 0.725. The second-order valence-corrected chi connectivity index (χ2v) is 3.08. The van der Waals surface area contributed by atoms with Crippen molar-refractivity contribution in [3.8, 4) is 0 Å². The number of nitrogens with one attached hydrogen (secondary N) is 1. The van der Waals surface area contributed by atoms with Gasteiger partial charge in [0.05, 0.1) is 0 Å². The van der Waals surface area contributed by atoms with Gasteiger partial charge in [-0.1, -0.05) is 6.07 Å². The number of nitrogens with two attached hydrogens (primary N) is 1. The summed E-state index contributed by atoms with van der Waals surface area (Å²) in [7, 11) is 3.34. The molecule has 0 fully saturated rings. The summed E-state index contributed by atoms with van der Waals surface area (Å²) in [6, 6.07) is 3.36. The summed E-state index contributed by atoms with van der Waals surface area (Å²) in [5.41, 5.74) is 6.35. The van der Waals surface area contributed by atoms with Gasteiger partial charge >= 0.3 is 6.03 Å². The molecule has 76 valence electrons. The molecule has 0 aliphatic heterocycles. The zero-order chi connectivity index (χ0) is 10.6. The molecule has 5 nitrogen and oxygen atoms in total. The number of anilines is 1. The lowest BCUT2D eigenvalue weighted by Crippen LogP contribution is -2.27. The van der Waals surface area contributed by atoms with Crippen LogP contribution in [-0.4, -0.2) is 30.0 Å². The molecule has 0 saturated carbocycles. The lowest BCUT2D eigenvalue weighted by Gasteiger charge is -2.11. The molecular weight excluding hydrogens is 180 g/mol. The molecule has 1 aromatic heterocycles. The SMILES string of the molecule is CN(C)C(=O)Nc1ccc(CN)cn1. The fraction of sp³-hybridized carbons (Fsp3) is 0.333. The van der Waals surface area contributed by atoms with E-state index >= 15 is 0 Å². The van der Waals surface area contributed by atoms with Crippen LogP contribution in [-0.2, 0) is 6.54 Å². The van der Waals surface area contributed by atoms with Crippen LogP contribution in [0.3, 0.4) is 0 Å². The Balaban J connectivity index is 2.64. The van der Waals surface area contributed by atoms with Gasteiger partial charge in [-0.2, -0.15) is 0 Å². The van der Waals surface area contributed by atoms with Gasteiger partial charge in [0.25, 0.3) is 0 Å². The third-order valence-electron chi connectivity index (χ3n) is 1.70. The fourth-order valence-corrected chi connectivity index (χ4v) is 0.841. The molecule has 0 aromatic carbocycles. The van der Waals surface area contributed by atoms with Crippen molar-refractivity contribution in [3.63, 3.8) is 0 Å². The third-order valence-corrected chi connectivity index (χ3v) is 1.70. The number of hydrogen-bond donors (Lipinski definition) is 2. The molecular formula is C9H14N4O. The van der Waals surface area contributed by atoms with Crippen molar-refractivity contribution in [1.82, 2.24) is 9.88 Å². The van der Waals surface area contributed by atoms with E-state index in [1.165, 1.54) is 4.90 Å². The number of rotatable bonds is 2. The van der Waals surface area contributed by atoms with E-state index in [1.807, 2.05) is 6.07 Å². The van der Waals surface area contributed by atoms with Gasteiger partial charge in [-0.05, 0) is 11.6 Å². The highest BCUT2D eigenvalue weighted by Gasteiger charge is 2.03. The first-order valence-corrected chi connectivity index (χ1v) is 4.27. The van der Waals surface area contributed by atoms with E-state index in [0.29, 0.717) is 12.4 Å². The van der Waals surface area contributed by atoms with E-state index in [1.54, 1.807) is 26.4 Å². The van der Waals surface area contributed by atoms with Crippen LogP contribution in [0.15, 0.2) is 18.3 Å². The van der Waals surface area contributed by atoms with Crippen molar-refractivity contribution in [1.29, 1.82) is 0 Å². The summed E-state index contributed by atoms with van der Waals surface area (Å²) >= 11 is 0. The number of hydrogen-bond acceptors (Lipinski definition) is 3. The minimum Gasteiger partial charge on any atom is -0.331 e. The van der Waals surface area contributed by atoms with Crippen LogP contribution in [0.5, 0.6) is 0 Å². The van der Waals surface area contributed by atoms with Gasteiger partial charge in [-0.25, -0.2) is 9.78 Å². The van der Waals surface area contributed by atoms with Crippen LogP contribution in [0.4, 0.5) is 10.6 Å². The Labute approximate surface area is 82.9 Å². The monoisotopic (exact) mass is 194 g/mol. The van der Waals surface area contributed by atoms with Crippen molar-refractivity contribution in [2.75, 3.05) is 19.4 Å². The first kappa shape index (κ1) is 10.5. The zero-order valence-corrected chi connectivity index (χ0v) is 8.32. The second kappa shape index (κ2) is 4.57. The maximum atomic E-state index is 11.2. The average molecular weight is 194 g/mol. The van der Waals surface area contributed by atoms with Crippen molar-refractivity contribution < 1.29 is 4.79 Å². The Bertz CT molecular complexity index is 307. The summed E-state index contributed by atoms with van der Waals surface area (Å²) in [5.74, 6) is 0.529. The second-order valence-electron chi connectivity index (χ2n) is 3.08. The molecule has 0 bridgehead atoms. The number of pyridine rings is 1. The minimum absolute atomic E-state index is 0.196. The van der Waals surface area contributed by atoms with Gasteiger partial charge in [0.15, 0.2) is 0 Å². The van der Waals surface area contributed by atoms with Crippen molar-refractivity contribution >= 4 is 11.8 Å². The number of carbonyl (C=O) groups is 1. The third kappa shape index (κ3) is 2.70. The highest BCUT2D eigenvalue weighted by atomic mass is 16.2. The Hall–Kier alpha value is -1.62. The van der Waals surface area contributed by atoms with Crippen LogP contribution >= 0.6 is 0 Å². The van der Waals surface area contributed by atoms with Crippen LogP contribution < -0.4 is 11.1 Å². The van der Waals surface area contributed by atoms with E-state index in [-0.39, 0.29) is 6.03 Å². The molecule has 1 rings (SSSR count). The number of carbonyl (C=O) groups excluding carboxylic acids is 1. The molecule has 0 unspecified atom stereocenters. The molecule has 0 aliphatic rings. The molecule has 3 N–H and O–H groups in total. The Morgan fingerprint density at radius 1 is 1.57 bits per heavy atom. The van der Waals surface area contributed by atoms with Crippen LogP contribution in [0, 0.1) is 0 Å². The lowest BCUT2D eigenvalue weighted by molar-refractivity contribution is 0.230. The highest BCUT2D eigenvalue weighted by molar-refractivity contribution is 5.87. The van der Waals surface area contributed by atoms with E-state index in [4.69, 9.17) is 5.73 Å². The molecule has 1 heterocycles. The first-order valence-electron chi connectivity index (χ1n) is 4.27. The summed E-state index contributed by atoms with van der Waals surface area (Å²) in [6.07, 6.45) is 1.64. The highest BCUT2D eigenvalue weighted by Crippen LogP contribution is 2.04.